The van der Waals surface area contributed by atoms with E-state index in [1.807, 2.05) is 43.3 Å². The van der Waals surface area contributed by atoms with Gasteiger partial charge in [-0.15, -0.1) is 0 Å². The van der Waals surface area contributed by atoms with Gasteiger partial charge >= 0.3 is 5.97 Å². The molecule has 0 spiro atoms. The monoisotopic (exact) mass is 398 g/mol. The number of Topliss-reactive ketones (excluding diaryl/α,β-unsaturated/α-hetero) is 1. The van der Waals surface area contributed by atoms with Crippen LogP contribution in [0.25, 0.3) is 0 Å². The number of hydrogen-bond donors (Lipinski definition) is 0. The first kappa shape index (κ1) is 22.8. The van der Waals surface area contributed by atoms with Crippen molar-refractivity contribution in [3.63, 3.8) is 0 Å². The van der Waals surface area contributed by atoms with Gasteiger partial charge in [0, 0.05) is 18.9 Å². The minimum Gasteiger partial charge on any atom is -0.451 e. The van der Waals surface area contributed by atoms with Crippen LogP contribution in [0, 0.1) is 11.8 Å². The van der Waals surface area contributed by atoms with Crippen molar-refractivity contribution < 1.29 is 23.8 Å². The summed E-state index contributed by atoms with van der Waals surface area (Å²) in [6.45, 7) is 6.36. The molecule has 0 unspecified atom stereocenters. The van der Waals surface area contributed by atoms with Gasteiger partial charge in [0.05, 0.1) is 24.9 Å². The Morgan fingerprint density at radius 3 is 2.07 bits per heavy atom. The van der Waals surface area contributed by atoms with E-state index < -0.39 is 18.0 Å². The summed E-state index contributed by atoms with van der Waals surface area (Å²) in [6, 6.07) is 18.6. The number of carbonyl (C=O) groups is 2. The lowest BCUT2D eigenvalue weighted by Crippen LogP contribution is -2.40. The fourth-order valence-corrected chi connectivity index (χ4v) is 3.35. The molecule has 0 aliphatic heterocycles. The van der Waals surface area contributed by atoms with Crippen molar-refractivity contribution in [2.24, 2.45) is 11.8 Å². The summed E-state index contributed by atoms with van der Waals surface area (Å²) in [6.07, 6.45) is -1.19. The van der Waals surface area contributed by atoms with Crippen molar-refractivity contribution in [1.29, 1.82) is 0 Å². The number of rotatable bonds is 11. The van der Waals surface area contributed by atoms with Crippen molar-refractivity contribution in [3.05, 3.63) is 71.8 Å². The third-order valence-electron chi connectivity index (χ3n) is 4.96. The minimum absolute atomic E-state index is 0.000290. The van der Waals surface area contributed by atoms with Crippen LogP contribution in [0.2, 0.25) is 0 Å². The molecule has 0 amide bonds. The summed E-state index contributed by atoms with van der Waals surface area (Å²) in [5.74, 6) is -1.11. The first-order chi connectivity index (χ1) is 13.9. The number of methoxy groups -OCH3 is 1. The summed E-state index contributed by atoms with van der Waals surface area (Å²) in [5, 5.41) is 0. The molecule has 0 N–H and O–H groups in total. The van der Waals surface area contributed by atoms with Gasteiger partial charge in [0.25, 0.3) is 0 Å². The van der Waals surface area contributed by atoms with Crippen LogP contribution in [-0.4, -0.2) is 37.7 Å². The van der Waals surface area contributed by atoms with Gasteiger partial charge in [0.1, 0.15) is 0 Å². The van der Waals surface area contributed by atoms with Crippen molar-refractivity contribution in [2.45, 2.75) is 39.6 Å². The molecule has 0 saturated carbocycles. The number of carbonyl (C=O) groups excluding carboxylic acids is 2. The summed E-state index contributed by atoms with van der Waals surface area (Å²) >= 11 is 0. The highest BCUT2D eigenvalue weighted by atomic mass is 16.5. The molecule has 0 aliphatic rings. The standard InChI is InChI=1S/C24H30O5/c1-17(15-28-16-20-11-7-5-8-12-20)23(27-4)18(2)22(25)19(3)29-24(26)21-13-9-6-10-14-21/h5-14,17-19,23H,15-16H2,1-4H3/t17-,18+,19+,23-/m1/s1. The molecular formula is C24H30O5. The van der Waals surface area contributed by atoms with Gasteiger partial charge in [-0.1, -0.05) is 62.4 Å². The van der Waals surface area contributed by atoms with E-state index in [0.29, 0.717) is 18.8 Å². The number of esters is 1. The Hall–Kier alpha value is -2.50. The van der Waals surface area contributed by atoms with Crippen molar-refractivity contribution in [2.75, 3.05) is 13.7 Å². The Morgan fingerprint density at radius 1 is 0.897 bits per heavy atom. The molecule has 29 heavy (non-hydrogen) atoms. The minimum atomic E-state index is -0.854. The molecule has 4 atom stereocenters. The second kappa shape index (κ2) is 11.5. The summed E-state index contributed by atoms with van der Waals surface area (Å²) in [5.41, 5.74) is 1.52. The number of hydrogen-bond acceptors (Lipinski definition) is 5. The van der Waals surface area contributed by atoms with Gasteiger partial charge in [-0.2, -0.15) is 0 Å². The van der Waals surface area contributed by atoms with E-state index in [9.17, 15) is 9.59 Å². The molecule has 2 rings (SSSR count). The molecule has 0 radical (unpaired) electrons. The molecule has 0 fully saturated rings. The van der Waals surface area contributed by atoms with Gasteiger partial charge in [0.2, 0.25) is 0 Å². The maximum atomic E-state index is 12.8. The van der Waals surface area contributed by atoms with Gasteiger partial charge in [-0.05, 0) is 24.6 Å². The van der Waals surface area contributed by atoms with Crippen LogP contribution in [0.4, 0.5) is 0 Å². The zero-order valence-electron chi connectivity index (χ0n) is 17.5. The number of ketones is 1. The Kier molecular flexibility index (Phi) is 9.03. The summed E-state index contributed by atoms with van der Waals surface area (Å²) in [4.78, 5) is 25.0. The lowest BCUT2D eigenvalue weighted by atomic mass is 9.88. The van der Waals surface area contributed by atoms with Gasteiger partial charge in [0.15, 0.2) is 11.9 Å². The highest BCUT2D eigenvalue weighted by Gasteiger charge is 2.33. The van der Waals surface area contributed by atoms with Crippen molar-refractivity contribution in [3.8, 4) is 0 Å². The number of ether oxygens (including phenoxy) is 3. The van der Waals surface area contributed by atoms with Gasteiger partial charge in [-0.3, -0.25) is 4.79 Å². The zero-order chi connectivity index (χ0) is 21.2. The lowest BCUT2D eigenvalue weighted by molar-refractivity contribution is -0.137. The molecule has 5 heteroatoms. The molecule has 0 bridgehead atoms. The van der Waals surface area contributed by atoms with Crippen LogP contribution in [-0.2, 0) is 25.6 Å². The molecular weight excluding hydrogens is 368 g/mol. The highest BCUT2D eigenvalue weighted by Crippen LogP contribution is 2.21. The summed E-state index contributed by atoms with van der Waals surface area (Å²) in [7, 11) is 1.59. The van der Waals surface area contributed by atoms with E-state index in [0.717, 1.165) is 5.56 Å². The Bertz CT molecular complexity index is 759. The van der Waals surface area contributed by atoms with E-state index in [1.165, 1.54) is 0 Å². The summed E-state index contributed by atoms with van der Waals surface area (Å²) < 4.78 is 16.8. The van der Waals surface area contributed by atoms with Crippen molar-refractivity contribution >= 4 is 11.8 Å². The maximum absolute atomic E-state index is 12.8. The fraction of sp³-hybridized carbons (Fsp3) is 0.417. The topological polar surface area (TPSA) is 61.8 Å². The SMILES string of the molecule is CO[C@H]([C@H](C)COCc1ccccc1)[C@@H](C)C(=O)[C@H](C)OC(=O)c1ccccc1. The lowest BCUT2D eigenvalue weighted by Gasteiger charge is -2.29. The Balaban J connectivity index is 1.88. The predicted octanol–water partition coefficient (Wildman–Crippen LogP) is 4.31. The van der Waals surface area contributed by atoms with Crippen LogP contribution in [0.5, 0.6) is 0 Å². The second-order valence-electron chi connectivity index (χ2n) is 7.28. The van der Waals surface area contributed by atoms with Crippen molar-refractivity contribution in [1.82, 2.24) is 0 Å². The second-order valence-corrected chi connectivity index (χ2v) is 7.28. The van der Waals surface area contributed by atoms with Crippen LogP contribution in [0.15, 0.2) is 60.7 Å². The fourth-order valence-electron chi connectivity index (χ4n) is 3.35. The average molecular weight is 398 g/mol. The van der Waals surface area contributed by atoms with Crippen LogP contribution in [0.3, 0.4) is 0 Å². The quantitative estimate of drug-likeness (QED) is 0.528. The molecule has 2 aromatic rings. The third kappa shape index (κ3) is 6.80. The van der Waals surface area contributed by atoms with E-state index >= 15 is 0 Å². The van der Waals surface area contributed by atoms with E-state index in [-0.39, 0.29) is 17.8 Å². The molecule has 0 aromatic heterocycles. The molecule has 2 aromatic carbocycles. The highest BCUT2D eigenvalue weighted by molar-refractivity contribution is 5.93. The molecule has 0 heterocycles. The number of benzene rings is 2. The molecule has 156 valence electrons. The Morgan fingerprint density at radius 2 is 1.48 bits per heavy atom. The van der Waals surface area contributed by atoms with Gasteiger partial charge < -0.3 is 14.2 Å². The first-order valence-corrected chi connectivity index (χ1v) is 9.88. The van der Waals surface area contributed by atoms with E-state index in [2.05, 4.69) is 0 Å². The zero-order valence-corrected chi connectivity index (χ0v) is 17.5. The van der Waals surface area contributed by atoms with Crippen LogP contribution >= 0.6 is 0 Å². The van der Waals surface area contributed by atoms with E-state index in [4.69, 9.17) is 14.2 Å². The normalized spacial score (nSPS) is 15.2. The largest absolute Gasteiger partial charge is 0.451 e. The van der Waals surface area contributed by atoms with Crippen LogP contribution in [0.1, 0.15) is 36.7 Å². The smallest absolute Gasteiger partial charge is 0.338 e. The molecule has 0 saturated heterocycles. The average Bonchev–Trinajstić information content (AvgIpc) is 2.74. The van der Waals surface area contributed by atoms with E-state index in [1.54, 1.807) is 45.2 Å². The van der Waals surface area contributed by atoms with Gasteiger partial charge in [-0.25, -0.2) is 4.79 Å². The first-order valence-electron chi connectivity index (χ1n) is 9.88. The van der Waals surface area contributed by atoms with Crippen LogP contribution < -0.4 is 0 Å². The predicted molar refractivity (Wildman–Crippen MR) is 112 cm³/mol. The molecule has 0 aliphatic carbocycles. The third-order valence-corrected chi connectivity index (χ3v) is 4.96. The molecule has 5 nitrogen and oxygen atoms in total. The maximum Gasteiger partial charge on any atom is 0.338 e. The Labute approximate surface area is 173 Å².